The lowest BCUT2D eigenvalue weighted by Gasteiger charge is -2.10. The van der Waals surface area contributed by atoms with Crippen LogP contribution in [0.15, 0.2) is 10.4 Å². The van der Waals surface area contributed by atoms with Crippen LogP contribution < -0.4 is 4.72 Å². The van der Waals surface area contributed by atoms with Crippen LogP contribution in [0.4, 0.5) is 0 Å². The number of imide groups is 1. The van der Waals surface area contributed by atoms with Crippen molar-refractivity contribution in [3.8, 4) is 0 Å². The lowest BCUT2D eigenvalue weighted by molar-refractivity contribution is -0.137. The van der Waals surface area contributed by atoms with E-state index in [1.165, 1.54) is 7.05 Å². The zero-order valence-corrected chi connectivity index (χ0v) is 11.5. The number of hydrogen-bond donors (Lipinski definition) is 1. The molecule has 2 amide bonds. The van der Waals surface area contributed by atoms with E-state index >= 15 is 0 Å². The Kier molecular flexibility index (Phi) is 3.41. The van der Waals surface area contributed by atoms with Gasteiger partial charge in [0, 0.05) is 7.05 Å². The predicted molar refractivity (Wildman–Crippen MR) is 63.6 cm³/mol. The number of halogens is 1. The number of sulfonamides is 1. The Labute approximate surface area is 112 Å². The number of likely N-dealkylation sites (N-methyl/N-ethyl adjacent to an activating group) is 1. The van der Waals surface area contributed by atoms with Gasteiger partial charge < -0.3 is 0 Å². The van der Waals surface area contributed by atoms with Crippen molar-refractivity contribution in [2.24, 2.45) is 0 Å². The Hall–Kier alpha value is -1.03. The molecule has 1 N–H and O–H groups in total. The highest BCUT2D eigenvalue weighted by Crippen LogP contribution is 2.23. The SMILES string of the molecule is CN1C(=O)CC(NS(=O)(=O)c2cnc(Cl)s2)C1=O. The molecule has 2 heterocycles. The van der Waals surface area contributed by atoms with Gasteiger partial charge in [-0.3, -0.25) is 14.5 Å². The summed E-state index contributed by atoms with van der Waals surface area (Å²) < 4.78 is 25.9. The second kappa shape index (κ2) is 4.57. The fourth-order valence-corrected chi connectivity index (χ4v) is 3.95. The van der Waals surface area contributed by atoms with E-state index in [1.54, 1.807) is 0 Å². The summed E-state index contributed by atoms with van der Waals surface area (Å²) in [5, 5.41) is 0. The number of nitrogens with zero attached hydrogens (tertiary/aromatic N) is 2. The second-order valence-electron chi connectivity index (χ2n) is 3.60. The molecule has 7 nitrogen and oxygen atoms in total. The standard InChI is InChI=1S/C8H8ClN3O4S2/c1-12-5(13)2-4(7(12)14)11-18(15,16)6-3-10-8(9)17-6/h3-4,11H,2H2,1H3. The minimum Gasteiger partial charge on any atom is -0.284 e. The van der Waals surface area contributed by atoms with E-state index in [0.717, 1.165) is 22.4 Å². The van der Waals surface area contributed by atoms with E-state index in [-0.39, 0.29) is 15.1 Å². The van der Waals surface area contributed by atoms with Gasteiger partial charge in [-0.2, -0.15) is 4.72 Å². The van der Waals surface area contributed by atoms with E-state index in [4.69, 9.17) is 11.6 Å². The van der Waals surface area contributed by atoms with E-state index in [0.29, 0.717) is 0 Å². The van der Waals surface area contributed by atoms with E-state index in [1.807, 2.05) is 0 Å². The molecule has 0 radical (unpaired) electrons. The molecule has 0 bridgehead atoms. The van der Waals surface area contributed by atoms with E-state index in [2.05, 4.69) is 9.71 Å². The number of hydrogen-bond acceptors (Lipinski definition) is 6. The molecular formula is C8H8ClN3O4S2. The number of carbonyl (C=O) groups excluding carboxylic acids is 2. The third kappa shape index (κ3) is 2.39. The summed E-state index contributed by atoms with van der Waals surface area (Å²) in [6.45, 7) is 0. The van der Waals surface area contributed by atoms with Gasteiger partial charge in [-0.1, -0.05) is 22.9 Å². The van der Waals surface area contributed by atoms with Crippen LogP contribution in [0, 0.1) is 0 Å². The molecule has 1 atom stereocenters. The summed E-state index contributed by atoms with van der Waals surface area (Å²) in [5.74, 6) is -0.991. The van der Waals surface area contributed by atoms with E-state index < -0.39 is 27.9 Å². The van der Waals surface area contributed by atoms with Gasteiger partial charge in [0.1, 0.15) is 6.04 Å². The highest BCUT2D eigenvalue weighted by molar-refractivity contribution is 7.91. The average Bonchev–Trinajstić information content (AvgIpc) is 2.81. The quantitative estimate of drug-likeness (QED) is 0.782. The van der Waals surface area contributed by atoms with Crippen LogP contribution in [-0.2, 0) is 19.6 Å². The number of thiazole rings is 1. The molecule has 0 aliphatic carbocycles. The highest BCUT2D eigenvalue weighted by atomic mass is 35.5. The van der Waals surface area contributed by atoms with Gasteiger partial charge in [-0.05, 0) is 0 Å². The fourth-order valence-electron chi connectivity index (χ4n) is 1.46. The summed E-state index contributed by atoms with van der Waals surface area (Å²) in [7, 11) is -2.57. The van der Waals surface area contributed by atoms with Crippen LogP contribution in [0.3, 0.4) is 0 Å². The van der Waals surface area contributed by atoms with Crippen molar-refractivity contribution in [1.29, 1.82) is 0 Å². The molecular weight excluding hydrogens is 302 g/mol. The Balaban J connectivity index is 2.20. The van der Waals surface area contributed by atoms with Gasteiger partial charge >= 0.3 is 0 Å². The number of nitrogens with one attached hydrogen (secondary N) is 1. The largest absolute Gasteiger partial charge is 0.284 e. The molecule has 1 aromatic heterocycles. The first-order valence-corrected chi connectivity index (χ1v) is 7.43. The van der Waals surface area contributed by atoms with Crippen LogP contribution in [-0.4, -0.2) is 43.2 Å². The van der Waals surface area contributed by atoms with Gasteiger partial charge in [-0.25, -0.2) is 13.4 Å². The fraction of sp³-hybridized carbons (Fsp3) is 0.375. The third-order valence-electron chi connectivity index (χ3n) is 2.40. The molecule has 18 heavy (non-hydrogen) atoms. The van der Waals surface area contributed by atoms with Crippen molar-refractivity contribution in [3.63, 3.8) is 0 Å². The monoisotopic (exact) mass is 309 g/mol. The molecule has 1 fully saturated rings. The normalized spacial score (nSPS) is 20.8. The minimum absolute atomic E-state index is 0.0846. The molecule has 10 heteroatoms. The van der Waals surface area contributed by atoms with Crippen LogP contribution in [0.25, 0.3) is 0 Å². The zero-order valence-electron chi connectivity index (χ0n) is 9.08. The number of rotatable bonds is 3. The minimum atomic E-state index is -3.88. The van der Waals surface area contributed by atoms with Crippen LogP contribution in [0.2, 0.25) is 4.47 Å². The maximum Gasteiger partial charge on any atom is 0.252 e. The molecule has 1 aliphatic rings. The van der Waals surface area contributed by atoms with Gasteiger partial charge in [0.25, 0.3) is 10.0 Å². The zero-order chi connectivity index (χ0) is 13.5. The van der Waals surface area contributed by atoms with Crippen molar-refractivity contribution in [2.45, 2.75) is 16.7 Å². The number of carbonyl (C=O) groups is 2. The highest BCUT2D eigenvalue weighted by Gasteiger charge is 2.39. The molecule has 2 rings (SSSR count). The average molecular weight is 310 g/mol. The maximum atomic E-state index is 11.9. The maximum absolute atomic E-state index is 11.9. The summed E-state index contributed by atoms with van der Waals surface area (Å²) in [4.78, 5) is 27.3. The van der Waals surface area contributed by atoms with Crippen molar-refractivity contribution in [1.82, 2.24) is 14.6 Å². The van der Waals surface area contributed by atoms with Crippen LogP contribution >= 0.6 is 22.9 Å². The number of amides is 2. The summed E-state index contributed by atoms with van der Waals surface area (Å²) in [5.41, 5.74) is 0. The summed E-state index contributed by atoms with van der Waals surface area (Å²) in [6.07, 6.45) is 0.918. The summed E-state index contributed by atoms with van der Waals surface area (Å²) in [6, 6.07) is -1.06. The van der Waals surface area contributed by atoms with Gasteiger partial charge in [0.2, 0.25) is 11.8 Å². The lowest BCUT2D eigenvalue weighted by atomic mass is 10.3. The number of aromatic nitrogens is 1. The molecule has 1 unspecified atom stereocenters. The molecule has 0 spiro atoms. The molecule has 1 saturated heterocycles. The molecule has 1 aliphatic heterocycles. The Bertz CT molecular complexity index is 612. The van der Waals surface area contributed by atoms with Crippen molar-refractivity contribution >= 4 is 44.8 Å². The van der Waals surface area contributed by atoms with Crippen molar-refractivity contribution in [2.75, 3.05) is 7.05 Å². The Morgan fingerprint density at radius 1 is 1.56 bits per heavy atom. The lowest BCUT2D eigenvalue weighted by Crippen LogP contribution is -2.40. The summed E-state index contributed by atoms with van der Waals surface area (Å²) >= 11 is 6.32. The molecule has 0 aromatic carbocycles. The first kappa shape index (κ1) is 13.4. The topological polar surface area (TPSA) is 96.4 Å². The molecule has 1 aromatic rings. The molecule has 98 valence electrons. The number of likely N-dealkylation sites (tertiary alicyclic amines) is 1. The smallest absolute Gasteiger partial charge is 0.252 e. The Morgan fingerprint density at radius 2 is 2.22 bits per heavy atom. The van der Waals surface area contributed by atoms with Crippen LogP contribution in [0.5, 0.6) is 0 Å². The van der Waals surface area contributed by atoms with E-state index in [9.17, 15) is 18.0 Å². The predicted octanol–water partition coefficient (Wildman–Crippen LogP) is -0.168. The van der Waals surface area contributed by atoms with Gasteiger partial charge in [0.05, 0.1) is 12.6 Å². The first-order chi connectivity index (χ1) is 8.31. The third-order valence-corrected chi connectivity index (χ3v) is 5.45. The van der Waals surface area contributed by atoms with Gasteiger partial charge in [-0.15, -0.1) is 0 Å². The Morgan fingerprint density at radius 3 is 2.67 bits per heavy atom. The second-order valence-corrected chi connectivity index (χ2v) is 7.15. The van der Waals surface area contributed by atoms with Crippen molar-refractivity contribution in [3.05, 3.63) is 10.7 Å². The van der Waals surface area contributed by atoms with Crippen LogP contribution in [0.1, 0.15) is 6.42 Å². The first-order valence-electron chi connectivity index (χ1n) is 4.75. The molecule has 0 saturated carbocycles. The van der Waals surface area contributed by atoms with Crippen molar-refractivity contribution < 1.29 is 18.0 Å². The van der Waals surface area contributed by atoms with Gasteiger partial charge in [0.15, 0.2) is 8.68 Å².